The van der Waals surface area contributed by atoms with Gasteiger partial charge in [-0.25, -0.2) is 0 Å². The van der Waals surface area contributed by atoms with Gasteiger partial charge in [-0.1, -0.05) is 18.2 Å². The quantitative estimate of drug-likeness (QED) is 0.818. The van der Waals surface area contributed by atoms with Crippen molar-refractivity contribution >= 4 is 5.69 Å². The number of hydrogen-bond acceptors (Lipinski definition) is 3. The lowest BCUT2D eigenvalue weighted by Gasteiger charge is -2.15. The van der Waals surface area contributed by atoms with Crippen molar-refractivity contribution < 1.29 is 9.84 Å². The second kappa shape index (κ2) is 5.37. The van der Waals surface area contributed by atoms with Gasteiger partial charge in [0.25, 0.3) is 0 Å². The summed E-state index contributed by atoms with van der Waals surface area (Å²) in [5.74, 6) is 1.60. The van der Waals surface area contributed by atoms with Crippen LogP contribution in [0.1, 0.15) is 0 Å². The Kier molecular flexibility index (Phi) is 3.62. The molecule has 2 aromatic rings. The van der Waals surface area contributed by atoms with Crippen LogP contribution in [0.25, 0.3) is 0 Å². The highest BCUT2D eigenvalue weighted by molar-refractivity contribution is 5.48. The summed E-state index contributed by atoms with van der Waals surface area (Å²) < 4.78 is 5.67. The number of aliphatic hydroxyl groups excluding tert-OH is 1. The van der Waals surface area contributed by atoms with E-state index in [1.807, 2.05) is 61.6 Å². The molecule has 0 bridgehead atoms. The summed E-state index contributed by atoms with van der Waals surface area (Å²) in [6.07, 6.45) is 0. The monoisotopic (exact) mass is 229 g/mol. The van der Waals surface area contributed by atoms with E-state index in [2.05, 4.69) is 0 Å². The predicted octanol–water partition coefficient (Wildman–Crippen LogP) is 2.86. The first-order valence-electron chi connectivity index (χ1n) is 5.44. The summed E-state index contributed by atoms with van der Waals surface area (Å²) in [4.78, 5) is 1.74. The van der Waals surface area contributed by atoms with Crippen molar-refractivity contribution in [3.8, 4) is 11.5 Å². The van der Waals surface area contributed by atoms with Crippen LogP contribution in [-0.4, -0.2) is 18.9 Å². The smallest absolute Gasteiger partial charge is 0.127 e. The normalized spacial score (nSPS) is 10.0. The molecule has 2 aromatic carbocycles. The Balaban J connectivity index is 2.08. The highest BCUT2D eigenvalue weighted by atomic mass is 16.5. The fraction of sp³-hybridized carbons (Fsp3) is 0.143. The third-order valence-corrected chi connectivity index (χ3v) is 2.47. The van der Waals surface area contributed by atoms with Gasteiger partial charge in [0.2, 0.25) is 0 Å². The molecule has 0 fully saturated rings. The fourth-order valence-electron chi connectivity index (χ4n) is 1.47. The molecule has 0 aliphatic carbocycles. The van der Waals surface area contributed by atoms with Crippen LogP contribution >= 0.6 is 0 Å². The fourth-order valence-corrected chi connectivity index (χ4v) is 1.47. The topological polar surface area (TPSA) is 32.7 Å². The van der Waals surface area contributed by atoms with Gasteiger partial charge in [0, 0.05) is 12.7 Å². The highest BCUT2D eigenvalue weighted by Gasteiger charge is 2.00. The summed E-state index contributed by atoms with van der Waals surface area (Å²) in [6.45, 7) is -0.00110. The summed E-state index contributed by atoms with van der Waals surface area (Å²) in [6, 6.07) is 17.2. The van der Waals surface area contributed by atoms with Gasteiger partial charge < -0.3 is 14.7 Å². The third kappa shape index (κ3) is 2.98. The van der Waals surface area contributed by atoms with Crippen LogP contribution in [0.4, 0.5) is 5.69 Å². The molecule has 0 aromatic heterocycles. The highest BCUT2D eigenvalue weighted by Crippen LogP contribution is 2.23. The molecule has 17 heavy (non-hydrogen) atoms. The maximum absolute atomic E-state index is 8.99. The number of para-hydroxylation sites is 1. The number of nitrogens with zero attached hydrogens (tertiary/aromatic N) is 1. The average Bonchev–Trinajstić information content (AvgIpc) is 2.40. The largest absolute Gasteiger partial charge is 0.457 e. The van der Waals surface area contributed by atoms with Crippen LogP contribution in [0, 0.1) is 0 Å². The minimum atomic E-state index is -0.00110. The standard InChI is InChI=1S/C14H15NO2/c1-15(11-16)12-7-9-14(10-8-12)17-13-5-3-2-4-6-13/h2-10,16H,11H2,1H3. The van der Waals surface area contributed by atoms with E-state index in [9.17, 15) is 0 Å². The maximum Gasteiger partial charge on any atom is 0.127 e. The van der Waals surface area contributed by atoms with Crippen LogP contribution in [0.5, 0.6) is 11.5 Å². The molecule has 0 atom stereocenters. The predicted molar refractivity (Wildman–Crippen MR) is 68.4 cm³/mol. The molecule has 0 amide bonds. The minimum Gasteiger partial charge on any atom is -0.457 e. The van der Waals surface area contributed by atoms with Gasteiger partial charge in [0.05, 0.1) is 0 Å². The SMILES string of the molecule is CN(CO)c1ccc(Oc2ccccc2)cc1. The van der Waals surface area contributed by atoms with E-state index in [0.29, 0.717) is 0 Å². The van der Waals surface area contributed by atoms with Crippen molar-refractivity contribution in [2.45, 2.75) is 0 Å². The summed E-state index contributed by atoms with van der Waals surface area (Å²) in [5.41, 5.74) is 0.952. The van der Waals surface area contributed by atoms with Crippen molar-refractivity contribution in [1.29, 1.82) is 0 Å². The van der Waals surface area contributed by atoms with E-state index >= 15 is 0 Å². The minimum absolute atomic E-state index is 0.00110. The first-order chi connectivity index (χ1) is 8.29. The number of hydrogen-bond donors (Lipinski definition) is 1. The molecule has 0 saturated carbocycles. The molecule has 0 spiro atoms. The Morgan fingerprint density at radius 2 is 1.53 bits per heavy atom. The molecule has 0 radical (unpaired) electrons. The van der Waals surface area contributed by atoms with E-state index in [0.717, 1.165) is 17.2 Å². The average molecular weight is 229 g/mol. The van der Waals surface area contributed by atoms with Crippen molar-refractivity contribution in [2.75, 3.05) is 18.7 Å². The van der Waals surface area contributed by atoms with Crippen molar-refractivity contribution in [3.63, 3.8) is 0 Å². The first kappa shape index (κ1) is 11.5. The maximum atomic E-state index is 8.99. The van der Waals surface area contributed by atoms with E-state index in [1.54, 1.807) is 4.90 Å². The zero-order valence-corrected chi connectivity index (χ0v) is 9.71. The zero-order chi connectivity index (χ0) is 12.1. The molecule has 3 nitrogen and oxygen atoms in total. The molecular weight excluding hydrogens is 214 g/mol. The lowest BCUT2D eigenvalue weighted by molar-refractivity contribution is 0.298. The Morgan fingerprint density at radius 3 is 2.12 bits per heavy atom. The summed E-state index contributed by atoms with van der Waals surface area (Å²) in [7, 11) is 1.83. The zero-order valence-electron chi connectivity index (χ0n) is 9.71. The van der Waals surface area contributed by atoms with Crippen molar-refractivity contribution in [1.82, 2.24) is 0 Å². The van der Waals surface area contributed by atoms with Crippen molar-refractivity contribution in [3.05, 3.63) is 54.6 Å². The number of ether oxygens (including phenoxy) is 1. The molecule has 0 unspecified atom stereocenters. The van der Waals surface area contributed by atoms with Crippen LogP contribution in [0.2, 0.25) is 0 Å². The second-order valence-corrected chi connectivity index (χ2v) is 3.75. The van der Waals surface area contributed by atoms with Gasteiger partial charge in [-0.05, 0) is 36.4 Å². The van der Waals surface area contributed by atoms with Gasteiger partial charge in [-0.3, -0.25) is 0 Å². The van der Waals surface area contributed by atoms with Crippen LogP contribution in [-0.2, 0) is 0 Å². The summed E-state index contributed by atoms with van der Waals surface area (Å²) >= 11 is 0. The van der Waals surface area contributed by atoms with Crippen molar-refractivity contribution in [2.24, 2.45) is 0 Å². The van der Waals surface area contributed by atoms with Gasteiger partial charge in [0.1, 0.15) is 18.2 Å². The van der Waals surface area contributed by atoms with Crippen LogP contribution in [0.3, 0.4) is 0 Å². The van der Waals surface area contributed by atoms with Gasteiger partial charge >= 0.3 is 0 Å². The molecule has 0 saturated heterocycles. The Labute approximate surface area is 101 Å². The van der Waals surface area contributed by atoms with Crippen LogP contribution < -0.4 is 9.64 Å². The Hall–Kier alpha value is -2.00. The van der Waals surface area contributed by atoms with Gasteiger partial charge in [0.15, 0.2) is 0 Å². The molecule has 88 valence electrons. The molecule has 0 aliphatic heterocycles. The lowest BCUT2D eigenvalue weighted by Crippen LogP contribution is -2.17. The number of rotatable bonds is 4. The number of anilines is 1. The van der Waals surface area contributed by atoms with Gasteiger partial charge in [-0.2, -0.15) is 0 Å². The molecule has 1 N–H and O–H groups in total. The molecule has 0 aliphatic rings. The molecule has 0 heterocycles. The Bertz CT molecular complexity index is 453. The van der Waals surface area contributed by atoms with Crippen LogP contribution in [0.15, 0.2) is 54.6 Å². The Morgan fingerprint density at radius 1 is 0.941 bits per heavy atom. The number of aliphatic hydroxyl groups is 1. The van der Waals surface area contributed by atoms with E-state index in [-0.39, 0.29) is 6.73 Å². The molecule has 3 heteroatoms. The molecular formula is C14H15NO2. The first-order valence-corrected chi connectivity index (χ1v) is 5.44. The van der Waals surface area contributed by atoms with Gasteiger partial charge in [-0.15, -0.1) is 0 Å². The summed E-state index contributed by atoms with van der Waals surface area (Å²) in [5, 5.41) is 8.99. The second-order valence-electron chi connectivity index (χ2n) is 3.75. The van der Waals surface area contributed by atoms with E-state index in [1.165, 1.54) is 0 Å². The molecule has 2 rings (SSSR count). The van der Waals surface area contributed by atoms with E-state index in [4.69, 9.17) is 9.84 Å². The number of benzene rings is 2. The third-order valence-electron chi connectivity index (χ3n) is 2.47. The lowest BCUT2D eigenvalue weighted by atomic mass is 10.3. The van der Waals surface area contributed by atoms with E-state index < -0.39 is 0 Å².